The highest BCUT2D eigenvalue weighted by Crippen LogP contribution is 2.33. The number of aliphatic hydroxyl groups is 1. The number of carbonyl (C=O) groups excluding carboxylic acids is 1. The smallest absolute Gasteiger partial charge is 0.376 e. The van der Waals surface area contributed by atoms with Gasteiger partial charge in [0.15, 0.2) is 0 Å². The summed E-state index contributed by atoms with van der Waals surface area (Å²) in [5.41, 5.74) is 4.15. The first-order valence-corrected chi connectivity index (χ1v) is 8.32. The Morgan fingerprint density at radius 1 is 1.07 bits per heavy atom. The average molecular weight is 365 g/mol. The number of aryl methyl sites for hydroxylation is 2. The summed E-state index contributed by atoms with van der Waals surface area (Å²) in [6, 6.07) is 11.1. The van der Waals surface area contributed by atoms with Crippen LogP contribution in [0.15, 0.2) is 48.7 Å². The largest absolute Gasteiger partial charge is 0.507 e. The van der Waals surface area contributed by atoms with Gasteiger partial charge in [0.2, 0.25) is 0 Å². The molecule has 0 unspecified atom stereocenters. The SMILES string of the molecule is Cc1cc(C)cc(Cn2cc(/C(O)=C/C(=O)C(=O)O)c3c(O)cccc32)c1. The number of benzene rings is 2. The fraction of sp³-hybridized carbons (Fsp3) is 0.143. The molecule has 1 aromatic heterocycles. The number of aliphatic hydroxyl groups excluding tert-OH is 1. The average Bonchev–Trinajstić information content (AvgIpc) is 2.94. The molecule has 27 heavy (non-hydrogen) atoms. The summed E-state index contributed by atoms with van der Waals surface area (Å²) < 4.78 is 1.84. The van der Waals surface area contributed by atoms with E-state index in [2.05, 4.69) is 6.07 Å². The van der Waals surface area contributed by atoms with Crippen LogP contribution in [0.25, 0.3) is 16.7 Å². The van der Waals surface area contributed by atoms with Crippen molar-refractivity contribution in [1.29, 1.82) is 0 Å². The number of aliphatic carboxylic acids is 1. The maximum atomic E-state index is 11.4. The predicted molar refractivity (Wildman–Crippen MR) is 102 cm³/mol. The fourth-order valence-electron chi connectivity index (χ4n) is 3.28. The number of rotatable bonds is 5. The summed E-state index contributed by atoms with van der Waals surface area (Å²) in [6.07, 6.45) is 2.24. The highest BCUT2D eigenvalue weighted by molar-refractivity contribution is 6.38. The molecule has 2 aromatic carbocycles. The van der Waals surface area contributed by atoms with Gasteiger partial charge in [-0.25, -0.2) is 4.79 Å². The minimum absolute atomic E-state index is 0.0654. The minimum Gasteiger partial charge on any atom is -0.507 e. The maximum Gasteiger partial charge on any atom is 0.376 e. The Morgan fingerprint density at radius 2 is 1.74 bits per heavy atom. The molecule has 0 saturated heterocycles. The zero-order chi connectivity index (χ0) is 19.7. The number of carboxylic acid groups (broad SMARTS) is 1. The molecule has 0 radical (unpaired) electrons. The molecule has 0 aliphatic rings. The van der Waals surface area contributed by atoms with Gasteiger partial charge in [-0.3, -0.25) is 4.79 Å². The Kier molecular flexibility index (Phi) is 4.73. The van der Waals surface area contributed by atoms with E-state index in [9.17, 15) is 19.8 Å². The van der Waals surface area contributed by atoms with Gasteiger partial charge < -0.3 is 19.9 Å². The third kappa shape index (κ3) is 3.69. The number of ketones is 1. The van der Waals surface area contributed by atoms with Gasteiger partial charge in [-0.1, -0.05) is 35.4 Å². The first kappa shape index (κ1) is 18.3. The van der Waals surface area contributed by atoms with Crippen LogP contribution in [0.4, 0.5) is 0 Å². The first-order chi connectivity index (χ1) is 12.8. The van der Waals surface area contributed by atoms with Gasteiger partial charge in [-0.05, 0) is 31.5 Å². The Bertz CT molecular complexity index is 1070. The number of carbonyl (C=O) groups is 2. The number of hydrogen-bond acceptors (Lipinski definition) is 4. The molecule has 6 heteroatoms. The molecule has 1 heterocycles. The number of fused-ring (bicyclic) bond motifs is 1. The number of aromatic hydroxyl groups is 1. The fourth-order valence-corrected chi connectivity index (χ4v) is 3.28. The van der Waals surface area contributed by atoms with Crippen LogP contribution < -0.4 is 0 Å². The summed E-state index contributed by atoms with van der Waals surface area (Å²) in [5, 5.41) is 29.6. The molecule has 3 N–H and O–H groups in total. The van der Waals surface area contributed by atoms with Crippen LogP contribution in [0.2, 0.25) is 0 Å². The summed E-state index contributed by atoms with van der Waals surface area (Å²) >= 11 is 0. The van der Waals surface area contributed by atoms with E-state index in [1.54, 1.807) is 18.3 Å². The molecule has 138 valence electrons. The quantitative estimate of drug-likeness (QED) is 0.365. The lowest BCUT2D eigenvalue weighted by molar-refractivity contribution is -0.146. The molecule has 0 aliphatic heterocycles. The molecule has 0 aliphatic carbocycles. The Labute approximate surface area is 155 Å². The molecule has 0 bridgehead atoms. The standard InChI is InChI=1S/C21H19NO5/c1-12-6-13(2)8-14(7-12)10-22-11-15(18(24)9-19(25)21(26)27)20-16(22)4-3-5-17(20)23/h3-9,11,23-24H,10H2,1-2H3,(H,26,27)/b18-9-. The summed E-state index contributed by atoms with van der Waals surface area (Å²) in [5.74, 6) is -3.47. The molecule has 3 rings (SSSR count). The number of hydrogen-bond donors (Lipinski definition) is 3. The Hall–Kier alpha value is -3.54. The number of phenols is 1. The van der Waals surface area contributed by atoms with Gasteiger partial charge in [-0.2, -0.15) is 0 Å². The lowest BCUT2D eigenvalue weighted by Gasteiger charge is -2.08. The van der Waals surface area contributed by atoms with Gasteiger partial charge >= 0.3 is 5.97 Å². The van der Waals surface area contributed by atoms with Gasteiger partial charge in [0, 0.05) is 24.4 Å². The van der Waals surface area contributed by atoms with Crippen LogP contribution in [0.1, 0.15) is 22.3 Å². The summed E-state index contributed by atoms with van der Waals surface area (Å²) in [6.45, 7) is 4.50. The van der Waals surface area contributed by atoms with Crippen LogP contribution in [0, 0.1) is 13.8 Å². The highest BCUT2D eigenvalue weighted by atomic mass is 16.4. The lowest BCUT2D eigenvalue weighted by atomic mass is 10.1. The third-order valence-corrected chi connectivity index (χ3v) is 4.27. The van der Waals surface area contributed by atoms with E-state index in [-0.39, 0.29) is 11.3 Å². The van der Waals surface area contributed by atoms with E-state index in [0.717, 1.165) is 16.7 Å². The highest BCUT2D eigenvalue weighted by Gasteiger charge is 2.18. The van der Waals surface area contributed by atoms with Gasteiger partial charge in [0.1, 0.15) is 11.5 Å². The lowest BCUT2D eigenvalue weighted by Crippen LogP contribution is -2.09. The van der Waals surface area contributed by atoms with Crippen molar-refractivity contribution < 1.29 is 24.9 Å². The van der Waals surface area contributed by atoms with Crippen LogP contribution in [0.3, 0.4) is 0 Å². The second kappa shape index (κ2) is 6.99. The topological polar surface area (TPSA) is 99.8 Å². The zero-order valence-electron chi connectivity index (χ0n) is 14.9. The normalized spacial score (nSPS) is 11.7. The van der Waals surface area contributed by atoms with Crippen LogP contribution in [-0.2, 0) is 16.1 Å². The van der Waals surface area contributed by atoms with Crippen molar-refractivity contribution in [3.63, 3.8) is 0 Å². The number of carboxylic acids is 1. The van der Waals surface area contributed by atoms with Crippen molar-refractivity contribution in [1.82, 2.24) is 4.57 Å². The van der Waals surface area contributed by atoms with Crippen LogP contribution in [0.5, 0.6) is 5.75 Å². The predicted octanol–water partition coefficient (Wildman–Crippen LogP) is 3.56. The number of phenolic OH excluding ortho intramolecular Hbond substituents is 1. The molecule has 3 aromatic rings. The van der Waals surface area contributed by atoms with E-state index in [0.29, 0.717) is 23.5 Å². The second-order valence-electron chi connectivity index (χ2n) is 6.54. The van der Waals surface area contributed by atoms with Crippen molar-refractivity contribution in [2.75, 3.05) is 0 Å². The third-order valence-electron chi connectivity index (χ3n) is 4.27. The van der Waals surface area contributed by atoms with Crippen LogP contribution >= 0.6 is 0 Å². The number of nitrogens with zero attached hydrogens (tertiary/aromatic N) is 1. The van der Waals surface area contributed by atoms with E-state index < -0.39 is 17.5 Å². The van der Waals surface area contributed by atoms with Crippen molar-refractivity contribution in [3.8, 4) is 5.75 Å². The molecule has 0 saturated carbocycles. The zero-order valence-corrected chi connectivity index (χ0v) is 14.9. The monoisotopic (exact) mass is 365 g/mol. The van der Waals surface area contributed by atoms with Gasteiger partial charge in [-0.15, -0.1) is 0 Å². The molecule has 0 spiro atoms. The first-order valence-electron chi connectivity index (χ1n) is 8.32. The maximum absolute atomic E-state index is 11.4. The molecule has 0 amide bonds. The molecule has 0 fully saturated rings. The van der Waals surface area contributed by atoms with Gasteiger partial charge in [0.25, 0.3) is 5.78 Å². The Balaban J connectivity index is 2.14. The van der Waals surface area contributed by atoms with Crippen LogP contribution in [-0.4, -0.2) is 31.6 Å². The van der Waals surface area contributed by atoms with Gasteiger partial charge in [0.05, 0.1) is 10.9 Å². The molecule has 6 nitrogen and oxygen atoms in total. The molecule has 0 atom stereocenters. The molecular formula is C21H19NO5. The molecular weight excluding hydrogens is 346 g/mol. The Morgan fingerprint density at radius 3 is 2.37 bits per heavy atom. The minimum atomic E-state index is -1.66. The summed E-state index contributed by atoms with van der Waals surface area (Å²) in [4.78, 5) is 22.2. The van der Waals surface area contributed by atoms with Crippen molar-refractivity contribution in [3.05, 3.63) is 70.9 Å². The van der Waals surface area contributed by atoms with Crippen molar-refractivity contribution in [2.45, 2.75) is 20.4 Å². The van der Waals surface area contributed by atoms with Crippen molar-refractivity contribution in [2.24, 2.45) is 0 Å². The van der Waals surface area contributed by atoms with E-state index >= 15 is 0 Å². The van der Waals surface area contributed by atoms with Crippen molar-refractivity contribution >= 4 is 28.4 Å². The summed E-state index contributed by atoms with van der Waals surface area (Å²) in [7, 11) is 0. The van der Waals surface area contributed by atoms with E-state index in [4.69, 9.17) is 5.11 Å². The van der Waals surface area contributed by atoms with E-state index in [1.807, 2.05) is 30.5 Å². The number of aromatic nitrogens is 1. The second-order valence-corrected chi connectivity index (χ2v) is 6.54. The van der Waals surface area contributed by atoms with E-state index in [1.165, 1.54) is 6.07 Å².